The van der Waals surface area contributed by atoms with Gasteiger partial charge in [0.15, 0.2) is 0 Å². The Hall–Kier alpha value is -1.83. The summed E-state index contributed by atoms with van der Waals surface area (Å²) >= 11 is 0. The molecule has 76 valence electrons. The lowest BCUT2D eigenvalue weighted by molar-refractivity contribution is 0.306. The molecular weight excluding hydrogens is 190 g/mol. The fraction of sp³-hybridized carbons (Fsp3) is 0.0769. The molecule has 0 unspecified atom stereocenters. The lowest BCUT2D eigenvalue weighted by Gasteiger charge is -2.05. The molecule has 2 heteroatoms. The van der Waals surface area contributed by atoms with E-state index < -0.39 is 0 Å². The van der Waals surface area contributed by atoms with Crippen LogP contribution in [0.15, 0.2) is 54.6 Å². The second kappa shape index (κ2) is 4.60. The predicted molar refractivity (Wildman–Crippen MR) is 57.2 cm³/mol. The Bertz CT molecular complexity index is 408. The third kappa shape index (κ3) is 2.81. The molecule has 0 radical (unpaired) electrons. The first-order valence-corrected chi connectivity index (χ1v) is 4.77. The highest BCUT2D eigenvalue weighted by atomic mass is 18.2. The summed E-state index contributed by atoms with van der Waals surface area (Å²) in [5.74, 6) is 0.433. The zero-order chi connectivity index (χ0) is 10.5. The minimum Gasteiger partial charge on any atom is -0.489 e. The van der Waals surface area contributed by atoms with Crippen molar-refractivity contribution in [3.63, 3.8) is 0 Å². The lowest BCUT2D eigenvalue weighted by Crippen LogP contribution is -1.94. The van der Waals surface area contributed by atoms with E-state index in [1.807, 2.05) is 30.3 Å². The van der Waals surface area contributed by atoms with Crippen LogP contribution in [0.1, 0.15) is 5.56 Å². The standard InChI is InChI=1S/C13H11FO/c14-12-6-8-13(9-7-12)15-10-11-4-2-1-3-5-11/h1-9H,10H2/i14-1. The third-order valence-electron chi connectivity index (χ3n) is 2.06. The molecule has 0 fully saturated rings. The van der Waals surface area contributed by atoms with E-state index in [1.54, 1.807) is 12.1 Å². The van der Waals surface area contributed by atoms with Crippen molar-refractivity contribution >= 4 is 0 Å². The maximum absolute atomic E-state index is 12.6. The molecule has 2 aromatic rings. The van der Waals surface area contributed by atoms with Crippen molar-refractivity contribution in [2.45, 2.75) is 6.61 Å². The first-order chi connectivity index (χ1) is 7.34. The molecule has 0 saturated heterocycles. The van der Waals surface area contributed by atoms with E-state index in [-0.39, 0.29) is 5.82 Å². The molecule has 0 atom stereocenters. The first kappa shape index (κ1) is 9.71. The summed E-state index contributed by atoms with van der Waals surface area (Å²) in [7, 11) is 0. The molecule has 0 N–H and O–H groups in total. The average Bonchev–Trinajstić information content (AvgIpc) is 2.30. The van der Waals surface area contributed by atoms with Crippen LogP contribution in [0, 0.1) is 5.82 Å². The topological polar surface area (TPSA) is 9.23 Å². The number of halogens is 1. The average molecular weight is 201 g/mol. The number of rotatable bonds is 3. The van der Waals surface area contributed by atoms with Crippen LogP contribution in [0.5, 0.6) is 5.75 Å². The van der Waals surface area contributed by atoms with Crippen molar-refractivity contribution in [2.24, 2.45) is 0 Å². The van der Waals surface area contributed by atoms with E-state index in [2.05, 4.69) is 0 Å². The van der Waals surface area contributed by atoms with Crippen LogP contribution in [0.25, 0.3) is 0 Å². The third-order valence-corrected chi connectivity index (χ3v) is 2.06. The Labute approximate surface area is 88.1 Å². The van der Waals surface area contributed by atoms with Crippen LogP contribution in [0.3, 0.4) is 0 Å². The minimum absolute atomic E-state index is 0.248. The lowest BCUT2D eigenvalue weighted by atomic mass is 10.2. The molecule has 0 bridgehead atoms. The highest BCUT2D eigenvalue weighted by molar-refractivity contribution is 5.23. The summed E-state index contributed by atoms with van der Waals surface area (Å²) < 4.78 is 18.1. The highest BCUT2D eigenvalue weighted by Gasteiger charge is 1.95. The van der Waals surface area contributed by atoms with Crippen molar-refractivity contribution in [1.82, 2.24) is 0 Å². The van der Waals surface area contributed by atoms with Crippen molar-refractivity contribution in [3.05, 3.63) is 66.0 Å². The van der Waals surface area contributed by atoms with Gasteiger partial charge in [-0.2, -0.15) is 0 Å². The summed E-state index contributed by atoms with van der Waals surface area (Å²) in [6.45, 7) is 0.506. The smallest absolute Gasteiger partial charge is 0.123 e. The van der Waals surface area contributed by atoms with Gasteiger partial charge in [0.25, 0.3) is 0 Å². The van der Waals surface area contributed by atoms with Crippen molar-refractivity contribution < 1.29 is 9.13 Å². The maximum Gasteiger partial charge on any atom is 0.123 e. The minimum atomic E-state index is -0.248. The zero-order valence-corrected chi connectivity index (χ0v) is 8.19. The molecule has 15 heavy (non-hydrogen) atoms. The van der Waals surface area contributed by atoms with Gasteiger partial charge in [-0.3, -0.25) is 0 Å². The monoisotopic (exact) mass is 201 g/mol. The van der Waals surface area contributed by atoms with E-state index in [0.717, 1.165) is 5.56 Å². The molecule has 0 aromatic heterocycles. The maximum atomic E-state index is 12.6. The fourth-order valence-corrected chi connectivity index (χ4v) is 1.27. The molecule has 2 aromatic carbocycles. The highest BCUT2D eigenvalue weighted by Crippen LogP contribution is 2.13. The van der Waals surface area contributed by atoms with Crippen molar-refractivity contribution in [1.29, 1.82) is 0 Å². The molecule has 0 aliphatic carbocycles. The summed E-state index contributed by atoms with van der Waals surface area (Å²) in [6, 6.07) is 15.9. The van der Waals surface area contributed by atoms with Gasteiger partial charge in [0.05, 0.1) is 0 Å². The molecular formula is C13H11FO. The van der Waals surface area contributed by atoms with Gasteiger partial charge in [0, 0.05) is 0 Å². The number of ether oxygens (including phenoxy) is 1. The van der Waals surface area contributed by atoms with E-state index in [1.165, 1.54) is 12.1 Å². The zero-order valence-electron chi connectivity index (χ0n) is 8.19. The molecule has 0 aliphatic rings. The molecule has 1 nitrogen and oxygen atoms in total. The predicted octanol–water partition coefficient (Wildman–Crippen LogP) is 3.40. The summed E-state index contributed by atoms with van der Waals surface area (Å²) in [6.07, 6.45) is 0. The molecule has 0 aliphatic heterocycles. The molecule has 2 rings (SSSR count). The van der Waals surface area contributed by atoms with E-state index >= 15 is 0 Å². The fourth-order valence-electron chi connectivity index (χ4n) is 1.27. The second-order valence-electron chi connectivity index (χ2n) is 3.23. The van der Waals surface area contributed by atoms with Gasteiger partial charge >= 0.3 is 0 Å². The Morgan fingerprint density at radius 1 is 0.867 bits per heavy atom. The van der Waals surface area contributed by atoms with Gasteiger partial charge in [-0.1, -0.05) is 30.3 Å². The Balaban J connectivity index is 1.96. The summed E-state index contributed by atoms with van der Waals surface area (Å²) in [5.41, 5.74) is 1.10. The number of hydrogen-bond acceptors (Lipinski definition) is 1. The normalized spacial score (nSPS) is 9.93. The Morgan fingerprint density at radius 2 is 1.53 bits per heavy atom. The first-order valence-electron chi connectivity index (χ1n) is 4.77. The van der Waals surface area contributed by atoms with Crippen molar-refractivity contribution in [2.75, 3.05) is 0 Å². The van der Waals surface area contributed by atoms with E-state index in [4.69, 9.17) is 4.74 Å². The van der Waals surface area contributed by atoms with Crippen LogP contribution in [-0.2, 0) is 6.61 Å². The van der Waals surface area contributed by atoms with Crippen LogP contribution in [0.4, 0.5) is 4.39 Å². The Morgan fingerprint density at radius 3 is 2.20 bits per heavy atom. The van der Waals surface area contributed by atoms with Gasteiger partial charge < -0.3 is 4.74 Å². The summed E-state index contributed by atoms with van der Waals surface area (Å²) in [5, 5.41) is 0. The van der Waals surface area contributed by atoms with Crippen molar-refractivity contribution in [3.8, 4) is 5.75 Å². The quantitative estimate of drug-likeness (QED) is 0.739. The van der Waals surface area contributed by atoms with Gasteiger partial charge in [-0.05, 0) is 29.8 Å². The SMILES string of the molecule is [18F]c1ccc(OCc2ccccc2)cc1. The molecule has 0 heterocycles. The van der Waals surface area contributed by atoms with E-state index in [0.29, 0.717) is 12.4 Å². The largest absolute Gasteiger partial charge is 0.489 e. The molecule has 0 saturated carbocycles. The Kier molecular flexibility index (Phi) is 2.98. The van der Waals surface area contributed by atoms with Gasteiger partial charge in [-0.25, -0.2) is 4.39 Å². The van der Waals surface area contributed by atoms with Gasteiger partial charge in [0.1, 0.15) is 18.2 Å². The van der Waals surface area contributed by atoms with Gasteiger partial charge in [-0.15, -0.1) is 0 Å². The van der Waals surface area contributed by atoms with Crippen LogP contribution in [-0.4, -0.2) is 0 Å². The van der Waals surface area contributed by atoms with Crippen LogP contribution in [0.2, 0.25) is 0 Å². The number of hydrogen-bond donors (Lipinski definition) is 0. The second-order valence-corrected chi connectivity index (χ2v) is 3.23. The van der Waals surface area contributed by atoms with Crippen LogP contribution < -0.4 is 4.74 Å². The van der Waals surface area contributed by atoms with E-state index in [9.17, 15) is 4.39 Å². The molecule has 0 amide bonds. The molecule has 0 spiro atoms. The number of benzene rings is 2. The van der Waals surface area contributed by atoms with Gasteiger partial charge in [0.2, 0.25) is 0 Å². The van der Waals surface area contributed by atoms with Crippen LogP contribution >= 0.6 is 0 Å². The summed E-state index contributed by atoms with van der Waals surface area (Å²) in [4.78, 5) is 0.